The Kier molecular flexibility index (Phi) is 10.7. The third-order valence-corrected chi connectivity index (χ3v) is 4.88. The van der Waals surface area contributed by atoms with Crippen molar-refractivity contribution in [3.05, 3.63) is 54.6 Å². The SMILES string of the molecule is CNc1ccc(-c2cc(-c3ccc(OCCOCCOCCOCCOC)cc3)n[nH]2)cc1. The molecule has 33 heavy (non-hydrogen) atoms. The molecule has 0 radical (unpaired) electrons. The molecule has 0 unspecified atom stereocenters. The Bertz CT molecular complexity index is 913. The van der Waals surface area contributed by atoms with Gasteiger partial charge >= 0.3 is 0 Å². The molecule has 0 aliphatic carbocycles. The van der Waals surface area contributed by atoms with Crippen LogP contribution in [0.4, 0.5) is 5.69 Å². The zero-order valence-electron chi connectivity index (χ0n) is 19.3. The van der Waals surface area contributed by atoms with Gasteiger partial charge in [0.2, 0.25) is 0 Å². The Morgan fingerprint density at radius 1 is 0.727 bits per heavy atom. The summed E-state index contributed by atoms with van der Waals surface area (Å²) in [6, 6.07) is 18.1. The van der Waals surface area contributed by atoms with E-state index in [1.54, 1.807) is 7.11 Å². The van der Waals surface area contributed by atoms with E-state index in [0.717, 1.165) is 34.0 Å². The van der Waals surface area contributed by atoms with Crippen molar-refractivity contribution in [2.45, 2.75) is 0 Å². The number of aromatic amines is 1. The van der Waals surface area contributed by atoms with Gasteiger partial charge in [0.15, 0.2) is 0 Å². The summed E-state index contributed by atoms with van der Waals surface area (Å²) >= 11 is 0. The largest absolute Gasteiger partial charge is 0.491 e. The molecule has 8 heteroatoms. The molecular weight excluding hydrogens is 422 g/mol. The molecule has 0 bridgehead atoms. The standard InChI is InChI=1S/C25H33N3O5/c1-26-22-7-3-20(4-8-22)24-19-25(28-27-24)21-5-9-23(10-6-21)33-18-17-32-16-15-31-14-13-30-12-11-29-2/h3-10,19,26H,11-18H2,1-2H3,(H,27,28). The van der Waals surface area contributed by atoms with Crippen LogP contribution < -0.4 is 10.1 Å². The van der Waals surface area contributed by atoms with Gasteiger partial charge in [0.1, 0.15) is 12.4 Å². The minimum Gasteiger partial charge on any atom is -0.491 e. The number of hydrogen-bond acceptors (Lipinski definition) is 7. The van der Waals surface area contributed by atoms with Crippen LogP contribution in [-0.4, -0.2) is 77.2 Å². The second kappa shape index (κ2) is 14.3. The predicted molar refractivity (Wildman–Crippen MR) is 129 cm³/mol. The van der Waals surface area contributed by atoms with Crippen LogP contribution in [0.3, 0.4) is 0 Å². The van der Waals surface area contributed by atoms with Gasteiger partial charge in [-0.25, -0.2) is 0 Å². The first-order valence-electron chi connectivity index (χ1n) is 11.1. The van der Waals surface area contributed by atoms with Crippen molar-refractivity contribution < 1.29 is 23.7 Å². The normalized spacial score (nSPS) is 11.0. The molecule has 1 aromatic heterocycles. The number of nitrogens with zero attached hydrogens (tertiary/aromatic N) is 1. The van der Waals surface area contributed by atoms with Crippen molar-refractivity contribution in [1.82, 2.24) is 10.2 Å². The van der Waals surface area contributed by atoms with Crippen molar-refractivity contribution in [2.75, 3.05) is 72.3 Å². The second-order valence-corrected chi connectivity index (χ2v) is 7.20. The van der Waals surface area contributed by atoms with Gasteiger partial charge in [-0.15, -0.1) is 0 Å². The Hall–Kier alpha value is -2.91. The number of aromatic nitrogens is 2. The van der Waals surface area contributed by atoms with Crippen molar-refractivity contribution in [3.8, 4) is 28.3 Å². The van der Waals surface area contributed by atoms with E-state index in [-0.39, 0.29) is 0 Å². The van der Waals surface area contributed by atoms with Gasteiger partial charge in [0.05, 0.1) is 57.6 Å². The van der Waals surface area contributed by atoms with Gasteiger partial charge in [0.25, 0.3) is 0 Å². The van der Waals surface area contributed by atoms with Crippen LogP contribution >= 0.6 is 0 Å². The minimum atomic E-state index is 0.481. The highest BCUT2D eigenvalue weighted by Crippen LogP contribution is 2.26. The number of benzene rings is 2. The van der Waals surface area contributed by atoms with E-state index in [0.29, 0.717) is 52.9 Å². The lowest BCUT2D eigenvalue weighted by molar-refractivity contribution is 0.000164. The first kappa shape index (κ1) is 24.7. The fourth-order valence-corrected chi connectivity index (χ4v) is 3.06. The molecule has 8 nitrogen and oxygen atoms in total. The van der Waals surface area contributed by atoms with Crippen molar-refractivity contribution in [3.63, 3.8) is 0 Å². The number of hydrogen-bond donors (Lipinski definition) is 2. The molecule has 178 valence electrons. The molecule has 0 saturated carbocycles. The van der Waals surface area contributed by atoms with Gasteiger partial charge in [0, 0.05) is 25.4 Å². The number of rotatable bonds is 16. The minimum absolute atomic E-state index is 0.481. The molecule has 2 N–H and O–H groups in total. The average Bonchev–Trinajstić information content (AvgIpc) is 3.35. The smallest absolute Gasteiger partial charge is 0.119 e. The van der Waals surface area contributed by atoms with E-state index in [1.807, 2.05) is 49.5 Å². The molecule has 0 fully saturated rings. The Morgan fingerprint density at radius 2 is 1.30 bits per heavy atom. The quantitative estimate of drug-likeness (QED) is 0.317. The summed E-state index contributed by atoms with van der Waals surface area (Å²) in [6.07, 6.45) is 0. The molecule has 3 aromatic rings. The number of anilines is 1. The summed E-state index contributed by atoms with van der Waals surface area (Å²) in [6.45, 7) is 4.35. The van der Waals surface area contributed by atoms with Gasteiger partial charge in [-0.05, 0) is 48.0 Å². The lowest BCUT2D eigenvalue weighted by Gasteiger charge is -2.08. The lowest BCUT2D eigenvalue weighted by atomic mass is 10.1. The van der Waals surface area contributed by atoms with Crippen LogP contribution in [0.25, 0.3) is 22.5 Å². The summed E-state index contributed by atoms with van der Waals surface area (Å²) in [5.41, 5.74) is 5.06. The van der Waals surface area contributed by atoms with Crippen LogP contribution in [-0.2, 0) is 18.9 Å². The molecule has 1 heterocycles. The molecule has 0 saturated heterocycles. The first-order valence-corrected chi connectivity index (χ1v) is 11.1. The Labute approximate surface area is 195 Å². The van der Waals surface area contributed by atoms with E-state index in [4.69, 9.17) is 23.7 Å². The summed E-state index contributed by atoms with van der Waals surface area (Å²) in [4.78, 5) is 0. The number of H-pyrrole nitrogens is 1. The van der Waals surface area contributed by atoms with E-state index in [9.17, 15) is 0 Å². The zero-order valence-corrected chi connectivity index (χ0v) is 19.3. The summed E-state index contributed by atoms with van der Waals surface area (Å²) < 4.78 is 26.9. The van der Waals surface area contributed by atoms with E-state index < -0.39 is 0 Å². The third-order valence-electron chi connectivity index (χ3n) is 4.88. The molecule has 0 aliphatic heterocycles. The van der Waals surface area contributed by atoms with E-state index >= 15 is 0 Å². The summed E-state index contributed by atoms with van der Waals surface area (Å²) in [7, 11) is 3.56. The van der Waals surface area contributed by atoms with E-state index in [1.165, 1.54) is 0 Å². The van der Waals surface area contributed by atoms with Crippen LogP contribution in [0.1, 0.15) is 0 Å². The number of ether oxygens (including phenoxy) is 5. The van der Waals surface area contributed by atoms with Gasteiger partial charge in [-0.1, -0.05) is 12.1 Å². The number of nitrogens with one attached hydrogen (secondary N) is 2. The fraction of sp³-hybridized carbons (Fsp3) is 0.400. The molecule has 0 amide bonds. The van der Waals surface area contributed by atoms with Crippen LogP contribution in [0.2, 0.25) is 0 Å². The highest BCUT2D eigenvalue weighted by atomic mass is 16.6. The van der Waals surface area contributed by atoms with Crippen molar-refractivity contribution in [1.29, 1.82) is 0 Å². The molecule has 0 atom stereocenters. The highest BCUT2D eigenvalue weighted by Gasteiger charge is 2.06. The molecule has 0 spiro atoms. The van der Waals surface area contributed by atoms with Crippen LogP contribution in [0.5, 0.6) is 5.75 Å². The van der Waals surface area contributed by atoms with Crippen molar-refractivity contribution in [2.24, 2.45) is 0 Å². The summed E-state index contributed by atoms with van der Waals surface area (Å²) in [5, 5.41) is 10.7. The predicted octanol–water partition coefficient (Wildman–Crippen LogP) is 3.86. The lowest BCUT2D eigenvalue weighted by Crippen LogP contribution is -2.13. The Morgan fingerprint density at radius 3 is 1.91 bits per heavy atom. The second-order valence-electron chi connectivity index (χ2n) is 7.20. The molecule has 2 aromatic carbocycles. The topological polar surface area (TPSA) is 86.9 Å². The van der Waals surface area contributed by atoms with Gasteiger partial charge in [-0.3, -0.25) is 5.10 Å². The van der Waals surface area contributed by atoms with Crippen LogP contribution in [0, 0.1) is 0 Å². The summed E-state index contributed by atoms with van der Waals surface area (Å²) in [5.74, 6) is 0.797. The molecule has 3 rings (SSSR count). The maximum atomic E-state index is 5.74. The Balaban J connectivity index is 1.32. The van der Waals surface area contributed by atoms with Crippen molar-refractivity contribution >= 4 is 5.69 Å². The zero-order chi connectivity index (χ0) is 23.1. The van der Waals surface area contributed by atoms with Gasteiger partial charge in [-0.2, -0.15) is 5.10 Å². The van der Waals surface area contributed by atoms with Crippen LogP contribution in [0.15, 0.2) is 54.6 Å². The van der Waals surface area contributed by atoms with E-state index in [2.05, 4.69) is 27.6 Å². The molecular formula is C25H33N3O5. The molecule has 0 aliphatic rings. The third kappa shape index (κ3) is 8.51. The number of methoxy groups -OCH3 is 1. The first-order chi connectivity index (χ1) is 16.3. The van der Waals surface area contributed by atoms with Gasteiger partial charge < -0.3 is 29.0 Å². The highest BCUT2D eigenvalue weighted by molar-refractivity contribution is 5.69. The average molecular weight is 456 g/mol. The maximum Gasteiger partial charge on any atom is 0.119 e. The maximum absolute atomic E-state index is 5.74. The monoisotopic (exact) mass is 455 g/mol. The fourth-order valence-electron chi connectivity index (χ4n) is 3.06.